The van der Waals surface area contributed by atoms with Gasteiger partial charge in [-0.1, -0.05) is 20.8 Å². The quantitative estimate of drug-likeness (QED) is 0.410. The third kappa shape index (κ3) is 4.82. The molecule has 9 atom stereocenters. The minimum atomic E-state index is -0.665. The molecule has 192 valence electrons. The first-order valence-electron chi connectivity index (χ1n) is 13.9. The van der Waals surface area contributed by atoms with Gasteiger partial charge in [0.05, 0.1) is 6.42 Å². The van der Waals surface area contributed by atoms with E-state index in [2.05, 4.69) is 20.8 Å². The third-order valence-corrected chi connectivity index (χ3v) is 11.2. The van der Waals surface area contributed by atoms with Crippen LogP contribution in [-0.2, 0) is 19.1 Å². The van der Waals surface area contributed by atoms with Crippen molar-refractivity contribution < 1.29 is 24.2 Å². The Morgan fingerprint density at radius 1 is 0.912 bits per heavy atom. The number of aliphatic carboxylic acids is 1. The summed E-state index contributed by atoms with van der Waals surface area (Å²) in [5.74, 6) is 3.30. The van der Waals surface area contributed by atoms with Crippen molar-refractivity contribution in [2.75, 3.05) is 0 Å². The molecule has 0 heterocycles. The molecule has 0 amide bonds. The largest absolute Gasteiger partial charge is 0.481 e. The number of carbonyl (C=O) groups excluding carboxylic acids is 2. The smallest absolute Gasteiger partial charge is 0.306 e. The zero-order valence-corrected chi connectivity index (χ0v) is 21.8. The zero-order chi connectivity index (χ0) is 24.7. The molecule has 5 nitrogen and oxygen atoms in total. The molecule has 4 fully saturated rings. The molecule has 4 rings (SSSR count). The van der Waals surface area contributed by atoms with Gasteiger partial charge in [-0.3, -0.25) is 9.59 Å². The van der Waals surface area contributed by atoms with Crippen LogP contribution < -0.4 is 0 Å². The average Bonchev–Trinajstić information content (AvgIpc) is 3.13. The molecule has 1 N–H and O–H groups in total. The van der Waals surface area contributed by atoms with Crippen LogP contribution in [0.1, 0.15) is 111 Å². The molecule has 5 heteroatoms. The van der Waals surface area contributed by atoms with Crippen molar-refractivity contribution in [2.24, 2.45) is 46.3 Å². The van der Waals surface area contributed by atoms with Crippen molar-refractivity contribution in [1.29, 1.82) is 0 Å². The van der Waals surface area contributed by atoms with Gasteiger partial charge in [0.2, 0.25) is 0 Å². The van der Waals surface area contributed by atoms with Crippen molar-refractivity contribution in [3.63, 3.8) is 0 Å². The van der Waals surface area contributed by atoms with Gasteiger partial charge in [0.15, 0.2) is 0 Å². The molecule has 0 spiro atoms. The van der Waals surface area contributed by atoms with Gasteiger partial charge in [0.25, 0.3) is 0 Å². The van der Waals surface area contributed by atoms with Crippen LogP contribution in [0.4, 0.5) is 0 Å². The van der Waals surface area contributed by atoms with Crippen molar-refractivity contribution in [3.8, 4) is 0 Å². The van der Waals surface area contributed by atoms with Crippen molar-refractivity contribution in [2.45, 2.75) is 117 Å². The lowest BCUT2D eigenvalue weighted by Crippen LogP contribution is -2.54. The molecule has 0 aromatic heterocycles. The summed E-state index contributed by atoms with van der Waals surface area (Å²) in [6, 6.07) is 0. The van der Waals surface area contributed by atoms with Crippen molar-refractivity contribution in [1.82, 2.24) is 0 Å². The summed E-state index contributed by atoms with van der Waals surface area (Å²) in [7, 11) is 0. The van der Waals surface area contributed by atoms with Gasteiger partial charge in [0, 0.05) is 12.8 Å². The van der Waals surface area contributed by atoms with E-state index in [9.17, 15) is 14.4 Å². The molecular formula is C29H46O5. The van der Waals surface area contributed by atoms with E-state index < -0.39 is 5.97 Å². The Bertz CT molecular complexity index is 791. The fourth-order valence-corrected chi connectivity index (χ4v) is 9.38. The van der Waals surface area contributed by atoms with E-state index >= 15 is 0 Å². The first-order valence-corrected chi connectivity index (χ1v) is 13.9. The lowest BCUT2D eigenvalue weighted by atomic mass is 9.44. The number of ketones is 1. The highest BCUT2D eigenvalue weighted by Gasteiger charge is 2.60. The summed E-state index contributed by atoms with van der Waals surface area (Å²) in [4.78, 5) is 34.5. The molecule has 0 aromatic carbocycles. The number of Topliss-reactive ketones (excluding diaryl/α,β-unsaturated/α-hetero) is 1. The Morgan fingerprint density at radius 2 is 1.62 bits per heavy atom. The van der Waals surface area contributed by atoms with E-state index in [1.165, 1.54) is 45.4 Å². The second kappa shape index (κ2) is 9.93. The van der Waals surface area contributed by atoms with Crippen LogP contribution in [0.3, 0.4) is 0 Å². The lowest BCUT2D eigenvalue weighted by molar-refractivity contribution is -0.163. The maximum Gasteiger partial charge on any atom is 0.306 e. The van der Waals surface area contributed by atoms with Gasteiger partial charge >= 0.3 is 11.9 Å². The van der Waals surface area contributed by atoms with Crippen LogP contribution >= 0.6 is 0 Å². The fourth-order valence-electron chi connectivity index (χ4n) is 9.38. The van der Waals surface area contributed by atoms with E-state index in [1.807, 2.05) is 0 Å². The molecule has 0 saturated heterocycles. The Balaban J connectivity index is 1.39. The van der Waals surface area contributed by atoms with E-state index in [0.717, 1.165) is 43.4 Å². The van der Waals surface area contributed by atoms with E-state index in [0.29, 0.717) is 35.0 Å². The maximum atomic E-state index is 12.2. The number of ether oxygens (including phenoxy) is 1. The fraction of sp³-hybridized carbons (Fsp3) is 0.897. The van der Waals surface area contributed by atoms with Gasteiger partial charge < -0.3 is 14.6 Å². The number of carbonyl (C=O) groups is 3. The standard InChI is InChI=1S/C29H46O5/c1-18(5-11-26(31)32)23-9-10-24-22-8-7-20-17-21(34-27(33)12-6-19(2)30)13-15-28(20,3)25(22)14-16-29(23,24)4/h18,20-25H,5-17H2,1-4H3,(H,31,32)/t18-,20-,21-,22+,23-,24+,25+,28+,29-/m1/s1. The predicted octanol–water partition coefficient (Wildman–Crippen LogP) is 6.43. The zero-order valence-electron chi connectivity index (χ0n) is 21.8. The number of hydrogen-bond donors (Lipinski definition) is 1. The average molecular weight is 475 g/mol. The number of carboxylic acids is 1. The molecule has 0 bridgehead atoms. The number of hydrogen-bond acceptors (Lipinski definition) is 4. The molecular weight excluding hydrogens is 428 g/mol. The molecule has 4 saturated carbocycles. The molecule has 34 heavy (non-hydrogen) atoms. The molecule has 0 aliphatic heterocycles. The van der Waals surface area contributed by atoms with Crippen molar-refractivity contribution in [3.05, 3.63) is 0 Å². The van der Waals surface area contributed by atoms with E-state index in [1.54, 1.807) is 0 Å². The van der Waals surface area contributed by atoms with Gasteiger partial charge in [-0.05, 0) is 117 Å². The molecule has 4 aliphatic rings. The topological polar surface area (TPSA) is 80.7 Å². The van der Waals surface area contributed by atoms with E-state index in [-0.39, 0.29) is 30.7 Å². The van der Waals surface area contributed by atoms with Crippen LogP contribution in [0.15, 0.2) is 0 Å². The van der Waals surface area contributed by atoms with Gasteiger partial charge in [-0.25, -0.2) is 0 Å². The maximum absolute atomic E-state index is 12.2. The van der Waals surface area contributed by atoms with Crippen molar-refractivity contribution >= 4 is 17.7 Å². The normalized spacial score (nSPS) is 42.1. The minimum absolute atomic E-state index is 0.0221. The van der Waals surface area contributed by atoms with Crippen LogP contribution in [0.2, 0.25) is 0 Å². The Morgan fingerprint density at radius 3 is 2.32 bits per heavy atom. The third-order valence-electron chi connectivity index (χ3n) is 11.2. The van der Waals surface area contributed by atoms with E-state index in [4.69, 9.17) is 9.84 Å². The van der Waals surface area contributed by atoms with Crippen LogP contribution in [0, 0.1) is 46.3 Å². The summed E-state index contributed by atoms with van der Waals surface area (Å²) >= 11 is 0. The summed E-state index contributed by atoms with van der Waals surface area (Å²) in [6.07, 6.45) is 12.4. The number of carboxylic acid groups (broad SMARTS) is 1. The van der Waals surface area contributed by atoms with Gasteiger partial charge in [-0.2, -0.15) is 0 Å². The molecule has 4 aliphatic carbocycles. The summed E-state index contributed by atoms with van der Waals surface area (Å²) in [5, 5.41) is 9.17. The predicted molar refractivity (Wildman–Crippen MR) is 131 cm³/mol. The Hall–Kier alpha value is -1.39. The Labute approximate surface area is 205 Å². The number of esters is 1. The van der Waals surface area contributed by atoms with Crippen LogP contribution in [0.25, 0.3) is 0 Å². The summed E-state index contributed by atoms with van der Waals surface area (Å²) in [6.45, 7) is 8.89. The second-order valence-corrected chi connectivity index (χ2v) is 12.9. The Kier molecular flexibility index (Phi) is 7.51. The molecule has 0 radical (unpaired) electrons. The highest BCUT2D eigenvalue weighted by atomic mass is 16.5. The van der Waals surface area contributed by atoms with Crippen LogP contribution in [-0.4, -0.2) is 28.9 Å². The summed E-state index contributed by atoms with van der Waals surface area (Å²) in [5.41, 5.74) is 0.714. The monoisotopic (exact) mass is 474 g/mol. The molecule has 0 unspecified atom stereocenters. The number of fused-ring (bicyclic) bond motifs is 5. The first kappa shape index (κ1) is 25.7. The highest BCUT2D eigenvalue weighted by Crippen LogP contribution is 2.68. The van der Waals surface area contributed by atoms with Gasteiger partial charge in [0.1, 0.15) is 11.9 Å². The summed E-state index contributed by atoms with van der Waals surface area (Å²) < 4.78 is 5.80. The second-order valence-electron chi connectivity index (χ2n) is 12.9. The highest BCUT2D eigenvalue weighted by molar-refractivity contribution is 5.81. The number of rotatable bonds is 8. The lowest BCUT2D eigenvalue weighted by Gasteiger charge is -2.61. The van der Waals surface area contributed by atoms with Gasteiger partial charge in [-0.15, -0.1) is 0 Å². The van der Waals surface area contributed by atoms with Crippen LogP contribution in [0.5, 0.6) is 0 Å². The first-order chi connectivity index (χ1) is 16.0. The molecule has 0 aromatic rings. The SMILES string of the molecule is CC(=O)CCC(=O)O[C@@H]1CC[C@@]2(C)[C@H](CC[C@@H]3[C@@H]2CC[C@]2(C)[C@@H]([C@H](C)CCC(=O)O)CC[C@@H]32)C1. The minimum Gasteiger partial charge on any atom is -0.481 e.